The van der Waals surface area contributed by atoms with Gasteiger partial charge in [0.25, 0.3) is 5.91 Å². The minimum atomic E-state index is -0.386. The Labute approximate surface area is 139 Å². The number of piperidine rings is 1. The predicted molar refractivity (Wildman–Crippen MR) is 91.6 cm³/mol. The second-order valence-corrected chi connectivity index (χ2v) is 7.64. The first-order valence-electron chi connectivity index (χ1n) is 8.73. The van der Waals surface area contributed by atoms with E-state index in [1.54, 1.807) is 0 Å². The van der Waals surface area contributed by atoms with Crippen LogP contribution in [0.1, 0.15) is 39.2 Å². The maximum atomic E-state index is 12.5. The molecule has 4 heteroatoms. The molecule has 2 heterocycles. The Morgan fingerprint density at radius 3 is 2.91 bits per heavy atom. The number of nitrogens with one attached hydrogen (secondary N) is 1. The van der Waals surface area contributed by atoms with Gasteiger partial charge in [0.05, 0.1) is 0 Å². The molecule has 0 aliphatic carbocycles. The SMILES string of the molecule is CC1CCCN(C(C)(C)CNC(=O)C2Cc3ccccc3O2)C1. The van der Waals surface area contributed by atoms with E-state index in [4.69, 9.17) is 4.74 Å². The zero-order chi connectivity index (χ0) is 16.4. The number of hydrogen-bond donors (Lipinski definition) is 1. The number of benzene rings is 1. The first kappa shape index (κ1) is 16.3. The number of para-hydroxylation sites is 1. The molecule has 1 N–H and O–H groups in total. The third-order valence-electron chi connectivity index (χ3n) is 5.15. The molecule has 2 unspecified atom stereocenters. The second kappa shape index (κ2) is 6.52. The molecule has 1 amide bonds. The van der Waals surface area contributed by atoms with Crippen molar-refractivity contribution in [2.75, 3.05) is 19.6 Å². The van der Waals surface area contributed by atoms with Crippen LogP contribution in [0.5, 0.6) is 5.75 Å². The average molecular weight is 316 g/mol. The summed E-state index contributed by atoms with van der Waals surface area (Å²) in [6, 6.07) is 7.90. The summed E-state index contributed by atoms with van der Waals surface area (Å²) in [6.07, 6.45) is 2.85. The fourth-order valence-electron chi connectivity index (χ4n) is 3.60. The minimum Gasteiger partial charge on any atom is -0.480 e. The lowest BCUT2D eigenvalue weighted by Gasteiger charge is -2.43. The van der Waals surface area contributed by atoms with Crippen LogP contribution in [0.4, 0.5) is 0 Å². The summed E-state index contributed by atoms with van der Waals surface area (Å²) < 4.78 is 5.77. The molecular formula is C19H28N2O2. The predicted octanol–water partition coefficient (Wildman–Crippen LogP) is 2.62. The van der Waals surface area contributed by atoms with Crippen molar-refractivity contribution in [3.05, 3.63) is 29.8 Å². The van der Waals surface area contributed by atoms with Crippen molar-refractivity contribution in [3.63, 3.8) is 0 Å². The quantitative estimate of drug-likeness (QED) is 0.928. The van der Waals surface area contributed by atoms with E-state index >= 15 is 0 Å². The highest BCUT2D eigenvalue weighted by Gasteiger charge is 2.33. The van der Waals surface area contributed by atoms with Crippen LogP contribution in [0.15, 0.2) is 24.3 Å². The van der Waals surface area contributed by atoms with Gasteiger partial charge >= 0.3 is 0 Å². The molecule has 0 aromatic heterocycles. The number of fused-ring (bicyclic) bond motifs is 1. The van der Waals surface area contributed by atoms with Gasteiger partial charge in [0.2, 0.25) is 0 Å². The number of carbonyl (C=O) groups is 1. The lowest BCUT2D eigenvalue weighted by molar-refractivity contribution is -0.127. The van der Waals surface area contributed by atoms with Crippen molar-refractivity contribution in [1.29, 1.82) is 0 Å². The second-order valence-electron chi connectivity index (χ2n) is 7.64. The van der Waals surface area contributed by atoms with E-state index in [2.05, 4.69) is 31.0 Å². The Morgan fingerprint density at radius 1 is 1.39 bits per heavy atom. The van der Waals surface area contributed by atoms with Gasteiger partial charge in [0.15, 0.2) is 6.10 Å². The largest absolute Gasteiger partial charge is 0.480 e. The molecule has 3 rings (SSSR count). The highest BCUT2D eigenvalue weighted by Crippen LogP contribution is 2.28. The lowest BCUT2D eigenvalue weighted by atomic mass is 9.93. The number of likely N-dealkylation sites (tertiary alicyclic amines) is 1. The summed E-state index contributed by atoms with van der Waals surface area (Å²) >= 11 is 0. The molecule has 0 spiro atoms. The summed E-state index contributed by atoms with van der Waals surface area (Å²) in [4.78, 5) is 15.0. The molecule has 1 aromatic rings. The van der Waals surface area contributed by atoms with Gasteiger partial charge < -0.3 is 10.1 Å². The molecule has 2 aliphatic rings. The Morgan fingerprint density at radius 2 is 2.17 bits per heavy atom. The monoisotopic (exact) mass is 316 g/mol. The van der Waals surface area contributed by atoms with Gasteiger partial charge in [-0.05, 0) is 50.8 Å². The van der Waals surface area contributed by atoms with Crippen LogP contribution in [0, 0.1) is 5.92 Å². The van der Waals surface area contributed by atoms with Crippen molar-refractivity contribution in [2.45, 2.75) is 51.7 Å². The number of ether oxygens (including phenoxy) is 1. The fourth-order valence-corrected chi connectivity index (χ4v) is 3.60. The van der Waals surface area contributed by atoms with Gasteiger partial charge in [0.1, 0.15) is 5.75 Å². The van der Waals surface area contributed by atoms with Gasteiger partial charge in [-0.15, -0.1) is 0 Å². The highest BCUT2D eigenvalue weighted by atomic mass is 16.5. The average Bonchev–Trinajstić information content (AvgIpc) is 2.97. The normalized spacial score (nSPS) is 24.8. The van der Waals surface area contributed by atoms with Crippen LogP contribution in [-0.2, 0) is 11.2 Å². The molecule has 2 atom stereocenters. The topological polar surface area (TPSA) is 41.6 Å². The number of hydrogen-bond acceptors (Lipinski definition) is 3. The summed E-state index contributed by atoms with van der Waals surface area (Å²) in [5.74, 6) is 1.59. The Hall–Kier alpha value is -1.55. The molecular weight excluding hydrogens is 288 g/mol. The number of amides is 1. The molecule has 0 radical (unpaired) electrons. The zero-order valence-electron chi connectivity index (χ0n) is 14.5. The summed E-state index contributed by atoms with van der Waals surface area (Å²) in [7, 11) is 0. The van der Waals surface area contributed by atoms with Crippen LogP contribution in [0.2, 0.25) is 0 Å². The number of carbonyl (C=O) groups excluding carboxylic acids is 1. The van der Waals surface area contributed by atoms with E-state index in [-0.39, 0.29) is 17.6 Å². The van der Waals surface area contributed by atoms with Gasteiger partial charge in [-0.25, -0.2) is 0 Å². The van der Waals surface area contributed by atoms with E-state index in [1.807, 2.05) is 24.3 Å². The van der Waals surface area contributed by atoms with Crippen LogP contribution >= 0.6 is 0 Å². The summed E-state index contributed by atoms with van der Waals surface area (Å²) in [6.45, 7) is 9.65. The van der Waals surface area contributed by atoms with Crippen LogP contribution < -0.4 is 10.1 Å². The smallest absolute Gasteiger partial charge is 0.261 e. The molecule has 1 saturated heterocycles. The highest BCUT2D eigenvalue weighted by molar-refractivity contribution is 5.82. The fraction of sp³-hybridized carbons (Fsp3) is 0.632. The third kappa shape index (κ3) is 3.69. The minimum absolute atomic E-state index is 0.000618. The maximum Gasteiger partial charge on any atom is 0.261 e. The lowest BCUT2D eigenvalue weighted by Crippen LogP contribution is -2.55. The van der Waals surface area contributed by atoms with Crippen LogP contribution in [0.3, 0.4) is 0 Å². The van der Waals surface area contributed by atoms with Gasteiger partial charge in [0, 0.05) is 25.0 Å². The van der Waals surface area contributed by atoms with Gasteiger partial charge in [-0.3, -0.25) is 9.69 Å². The molecule has 2 aliphatic heterocycles. The van der Waals surface area contributed by atoms with E-state index in [9.17, 15) is 4.79 Å². The Balaban J connectivity index is 1.53. The van der Waals surface area contributed by atoms with Crippen molar-refractivity contribution in [3.8, 4) is 5.75 Å². The molecule has 4 nitrogen and oxygen atoms in total. The van der Waals surface area contributed by atoms with Crippen molar-refractivity contribution in [1.82, 2.24) is 10.2 Å². The Kier molecular flexibility index (Phi) is 4.62. The van der Waals surface area contributed by atoms with Crippen molar-refractivity contribution >= 4 is 5.91 Å². The van der Waals surface area contributed by atoms with E-state index in [1.165, 1.54) is 12.8 Å². The van der Waals surface area contributed by atoms with Crippen molar-refractivity contribution in [2.24, 2.45) is 5.92 Å². The first-order valence-corrected chi connectivity index (χ1v) is 8.73. The first-order chi connectivity index (χ1) is 11.0. The molecule has 126 valence electrons. The molecule has 1 aromatic carbocycles. The number of rotatable bonds is 4. The zero-order valence-corrected chi connectivity index (χ0v) is 14.5. The van der Waals surface area contributed by atoms with E-state index < -0.39 is 0 Å². The van der Waals surface area contributed by atoms with Crippen molar-refractivity contribution < 1.29 is 9.53 Å². The van der Waals surface area contributed by atoms with E-state index in [0.717, 1.165) is 30.3 Å². The molecule has 23 heavy (non-hydrogen) atoms. The van der Waals surface area contributed by atoms with Gasteiger partial charge in [-0.2, -0.15) is 0 Å². The Bertz CT molecular complexity index is 545. The number of nitrogens with zero attached hydrogens (tertiary/aromatic N) is 1. The van der Waals surface area contributed by atoms with Crippen LogP contribution in [0.25, 0.3) is 0 Å². The third-order valence-corrected chi connectivity index (χ3v) is 5.15. The summed E-state index contributed by atoms with van der Waals surface area (Å²) in [5, 5.41) is 3.11. The van der Waals surface area contributed by atoms with Crippen LogP contribution in [-0.4, -0.2) is 42.1 Å². The molecule has 1 fully saturated rings. The maximum absolute atomic E-state index is 12.5. The molecule has 0 bridgehead atoms. The standard InChI is InChI=1S/C19H28N2O2/c1-14-7-6-10-21(12-14)19(2,3)13-20-18(22)17-11-15-8-4-5-9-16(15)23-17/h4-5,8-9,14,17H,6-7,10-13H2,1-3H3,(H,20,22). The van der Waals surface area contributed by atoms with Gasteiger partial charge in [-0.1, -0.05) is 25.1 Å². The molecule has 0 saturated carbocycles. The van der Waals surface area contributed by atoms with E-state index in [0.29, 0.717) is 13.0 Å². The summed E-state index contributed by atoms with van der Waals surface area (Å²) in [5.41, 5.74) is 1.10.